The molecule has 0 bridgehead atoms. The summed E-state index contributed by atoms with van der Waals surface area (Å²) < 4.78 is 11.9. The van der Waals surface area contributed by atoms with Crippen molar-refractivity contribution >= 4 is 17.3 Å². The van der Waals surface area contributed by atoms with Gasteiger partial charge in [0, 0.05) is 28.8 Å². The number of pyridine rings is 1. The number of aromatic nitrogens is 1. The van der Waals surface area contributed by atoms with E-state index in [0.29, 0.717) is 28.5 Å². The van der Waals surface area contributed by atoms with Crippen LogP contribution in [0.2, 0.25) is 5.02 Å². The Morgan fingerprint density at radius 2 is 2.07 bits per heavy atom. The van der Waals surface area contributed by atoms with Gasteiger partial charge in [-0.15, -0.1) is 0 Å². The molecule has 0 amide bonds. The van der Waals surface area contributed by atoms with Gasteiger partial charge in [-0.1, -0.05) is 29.8 Å². The molecule has 0 aliphatic carbocycles. The number of benzene rings is 2. The smallest absolute Gasteiger partial charge is 0.230 e. The summed E-state index contributed by atoms with van der Waals surface area (Å²) in [5.41, 5.74) is 3.09. The number of nitrogens with zero attached hydrogens (tertiary/aromatic N) is 3. The van der Waals surface area contributed by atoms with Gasteiger partial charge < -0.3 is 14.6 Å². The second-order valence-corrected chi connectivity index (χ2v) is 7.35. The normalized spacial score (nSPS) is 19.8. The van der Waals surface area contributed by atoms with Crippen LogP contribution in [0.4, 0.5) is 0 Å². The molecular weight excluding hydrogens is 390 g/mol. The lowest BCUT2D eigenvalue weighted by Crippen LogP contribution is -2.34. The van der Waals surface area contributed by atoms with E-state index >= 15 is 0 Å². The number of rotatable bonds is 3. The largest absolute Gasteiger partial charge is 0.507 e. The summed E-state index contributed by atoms with van der Waals surface area (Å²) in [5.74, 6) is 1.51. The van der Waals surface area contributed by atoms with Crippen molar-refractivity contribution in [1.29, 1.82) is 0 Å². The van der Waals surface area contributed by atoms with E-state index in [2.05, 4.69) is 4.98 Å². The van der Waals surface area contributed by atoms with E-state index in [1.165, 1.54) is 0 Å². The van der Waals surface area contributed by atoms with Crippen LogP contribution in [0, 0.1) is 0 Å². The van der Waals surface area contributed by atoms with Gasteiger partial charge in [0.25, 0.3) is 0 Å². The maximum atomic E-state index is 10.4. The quantitative estimate of drug-likeness (QED) is 0.682. The number of phenols is 1. The SMILES string of the molecule is COc1cccc2c1O[C@H](c1ccccn1)N1N=C(c3cc(Cl)ccc3O)C[C@H]21. The molecule has 29 heavy (non-hydrogen) atoms. The predicted octanol–water partition coefficient (Wildman–Crippen LogP) is 4.69. The average Bonchev–Trinajstić information content (AvgIpc) is 3.20. The Morgan fingerprint density at radius 3 is 2.86 bits per heavy atom. The Morgan fingerprint density at radius 1 is 1.17 bits per heavy atom. The van der Waals surface area contributed by atoms with Crippen LogP contribution in [-0.2, 0) is 0 Å². The van der Waals surface area contributed by atoms with Crippen LogP contribution in [0.5, 0.6) is 17.2 Å². The van der Waals surface area contributed by atoms with E-state index in [1.807, 2.05) is 41.4 Å². The zero-order valence-corrected chi connectivity index (χ0v) is 16.4. The maximum absolute atomic E-state index is 10.4. The molecule has 0 saturated heterocycles. The summed E-state index contributed by atoms with van der Waals surface area (Å²) in [4.78, 5) is 4.47. The molecule has 5 rings (SSSR count). The minimum atomic E-state index is -0.510. The molecule has 2 aromatic carbocycles. The van der Waals surface area contributed by atoms with E-state index in [1.54, 1.807) is 31.5 Å². The zero-order chi connectivity index (χ0) is 20.0. The predicted molar refractivity (Wildman–Crippen MR) is 109 cm³/mol. The van der Waals surface area contributed by atoms with Crippen LogP contribution in [0.15, 0.2) is 65.9 Å². The van der Waals surface area contributed by atoms with Gasteiger partial charge in [0.2, 0.25) is 6.23 Å². The van der Waals surface area contributed by atoms with E-state index in [-0.39, 0.29) is 11.8 Å². The number of phenolic OH excluding ortho intramolecular Hbond substituents is 1. The first-order valence-corrected chi connectivity index (χ1v) is 9.62. The molecule has 0 unspecified atom stereocenters. The molecule has 0 saturated carbocycles. The summed E-state index contributed by atoms with van der Waals surface area (Å²) in [5, 5.41) is 17.6. The average molecular weight is 408 g/mol. The number of methoxy groups -OCH3 is 1. The lowest BCUT2D eigenvalue weighted by atomic mass is 9.95. The van der Waals surface area contributed by atoms with Gasteiger partial charge in [0.15, 0.2) is 11.5 Å². The number of para-hydroxylation sites is 1. The molecule has 6 nitrogen and oxygen atoms in total. The van der Waals surface area contributed by atoms with Crippen molar-refractivity contribution in [2.75, 3.05) is 7.11 Å². The van der Waals surface area contributed by atoms with Crippen LogP contribution in [0.25, 0.3) is 0 Å². The fourth-order valence-electron chi connectivity index (χ4n) is 3.86. The van der Waals surface area contributed by atoms with Gasteiger partial charge in [-0.3, -0.25) is 4.98 Å². The van der Waals surface area contributed by atoms with Crippen molar-refractivity contribution in [1.82, 2.24) is 9.99 Å². The Labute approximate surface area is 173 Å². The highest BCUT2D eigenvalue weighted by Gasteiger charge is 2.43. The molecule has 2 atom stereocenters. The van der Waals surface area contributed by atoms with Crippen molar-refractivity contribution in [3.05, 3.63) is 82.6 Å². The molecule has 0 fully saturated rings. The molecule has 2 aliphatic heterocycles. The van der Waals surface area contributed by atoms with Crippen LogP contribution in [-0.4, -0.2) is 27.9 Å². The second-order valence-electron chi connectivity index (χ2n) is 6.91. The number of aromatic hydroxyl groups is 1. The van der Waals surface area contributed by atoms with Gasteiger partial charge in [-0.25, -0.2) is 5.01 Å². The van der Waals surface area contributed by atoms with Crippen LogP contribution >= 0.6 is 11.6 Å². The highest BCUT2D eigenvalue weighted by atomic mass is 35.5. The van der Waals surface area contributed by atoms with E-state index in [9.17, 15) is 5.11 Å². The molecular formula is C22H18ClN3O3. The number of hydrogen-bond donors (Lipinski definition) is 1. The summed E-state index contributed by atoms with van der Waals surface area (Å²) >= 11 is 6.16. The van der Waals surface area contributed by atoms with E-state index in [0.717, 1.165) is 17.0 Å². The number of hydrazone groups is 1. The third-order valence-corrected chi connectivity index (χ3v) is 5.45. The van der Waals surface area contributed by atoms with Crippen LogP contribution in [0.1, 0.15) is 35.5 Å². The van der Waals surface area contributed by atoms with E-state index < -0.39 is 6.23 Å². The van der Waals surface area contributed by atoms with Crippen molar-refractivity contribution in [2.45, 2.75) is 18.7 Å². The Kier molecular flexibility index (Phi) is 4.28. The number of halogens is 1. The molecule has 0 spiro atoms. The molecule has 3 aromatic rings. The third-order valence-electron chi connectivity index (χ3n) is 5.21. The number of ether oxygens (including phenoxy) is 2. The topological polar surface area (TPSA) is 67.2 Å². The highest BCUT2D eigenvalue weighted by Crippen LogP contribution is 2.50. The molecule has 1 N–H and O–H groups in total. The maximum Gasteiger partial charge on any atom is 0.230 e. The second kappa shape index (κ2) is 6.97. The molecule has 0 radical (unpaired) electrons. The molecule has 7 heteroatoms. The van der Waals surface area contributed by atoms with Gasteiger partial charge in [-0.05, 0) is 36.4 Å². The Balaban J connectivity index is 1.64. The highest BCUT2D eigenvalue weighted by molar-refractivity contribution is 6.31. The van der Waals surface area contributed by atoms with Crippen LogP contribution < -0.4 is 9.47 Å². The Bertz CT molecular complexity index is 1100. The van der Waals surface area contributed by atoms with Crippen molar-refractivity contribution < 1.29 is 14.6 Å². The summed E-state index contributed by atoms with van der Waals surface area (Å²) in [6.45, 7) is 0. The van der Waals surface area contributed by atoms with E-state index in [4.69, 9.17) is 26.2 Å². The third kappa shape index (κ3) is 2.96. The standard InChI is InChI=1S/C22H18ClN3O3/c1-28-20-7-4-5-14-18-12-17(15-11-13(23)8-9-19(15)27)25-26(18)22(29-21(14)20)16-6-2-3-10-24-16/h2-11,18,22,27H,12H2,1H3/t18-,22-/m1/s1. The molecule has 2 aliphatic rings. The van der Waals surface area contributed by atoms with Crippen LogP contribution in [0.3, 0.4) is 0 Å². The Hall–Kier alpha value is -3.25. The van der Waals surface area contributed by atoms with Crippen molar-refractivity contribution in [3.8, 4) is 17.2 Å². The first kappa shape index (κ1) is 17.8. The molecule has 1 aromatic heterocycles. The number of fused-ring (bicyclic) bond motifs is 3. The van der Waals surface area contributed by atoms with Crippen molar-refractivity contribution in [3.63, 3.8) is 0 Å². The van der Waals surface area contributed by atoms with Gasteiger partial charge in [-0.2, -0.15) is 5.10 Å². The molecule has 3 heterocycles. The number of hydrogen-bond acceptors (Lipinski definition) is 6. The fraction of sp³-hybridized carbons (Fsp3) is 0.182. The van der Waals surface area contributed by atoms with Gasteiger partial charge in [0.05, 0.1) is 18.9 Å². The summed E-state index contributed by atoms with van der Waals surface area (Å²) in [7, 11) is 1.63. The van der Waals surface area contributed by atoms with Gasteiger partial charge in [0.1, 0.15) is 11.4 Å². The lowest BCUT2D eigenvalue weighted by Gasteiger charge is -2.38. The zero-order valence-electron chi connectivity index (χ0n) is 15.6. The first-order chi connectivity index (χ1) is 14.2. The lowest BCUT2D eigenvalue weighted by molar-refractivity contribution is -0.0236. The van der Waals surface area contributed by atoms with Gasteiger partial charge >= 0.3 is 0 Å². The molecule has 146 valence electrons. The summed E-state index contributed by atoms with van der Waals surface area (Å²) in [6.07, 6.45) is 1.82. The summed E-state index contributed by atoms with van der Waals surface area (Å²) in [6, 6.07) is 16.4. The minimum absolute atomic E-state index is 0.0748. The minimum Gasteiger partial charge on any atom is -0.507 e. The first-order valence-electron chi connectivity index (χ1n) is 9.25. The fourth-order valence-corrected chi connectivity index (χ4v) is 4.04. The monoisotopic (exact) mass is 407 g/mol. The van der Waals surface area contributed by atoms with Crippen molar-refractivity contribution in [2.24, 2.45) is 5.10 Å².